The van der Waals surface area contributed by atoms with E-state index in [0.29, 0.717) is 12.5 Å². The number of ether oxygens (including phenoxy) is 2. The van der Waals surface area contributed by atoms with Crippen molar-refractivity contribution < 1.29 is 14.3 Å². The van der Waals surface area contributed by atoms with E-state index in [1.165, 1.54) is 13.2 Å². The van der Waals surface area contributed by atoms with Gasteiger partial charge >= 0.3 is 5.97 Å². The molecule has 0 aliphatic carbocycles. The molecule has 3 nitrogen and oxygen atoms in total. The van der Waals surface area contributed by atoms with Crippen molar-refractivity contribution in [3.8, 4) is 5.75 Å². The fourth-order valence-corrected chi connectivity index (χ4v) is 1.14. The first-order chi connectivity index (χ1) is 7.76. The Morgan fingerprint density at radius 2 is 2.06 bits per heavy atom. The Balaban J connectivity index is 2.57. The fourth-order valence-electron chi connectivity index (χ4n) is 1.06. The minimum atomic E-state index is -0.373. The summed E-state index contributed by atoms with van der Waals surface area (Å²) in [5.41, 5.74) is 0.906. The van der Waals surface area contributed by atoms with Crippen molar-refractivity contribution >= 4 is 23.6 Å². The zero-order valence-electron chi connectivity index (χ0n) is 8.98. The molecule has 1 aromatic rings. The summed E-state index contributed by atoms with van der Waals surface area (Å²) in [6, 6.07) is 7.35. The molecule has 86 valence electrons. The lowest BCUT2D eigenvalue weighted by Gasteiger charge is -2.03. The molecule has 0 heterocycles. The first-order valence-corrected chi connectivity index (χ1v) is 5.34. The lowest BCUT2D eigenvalue weighted by atomic mass is 10.2. The SMILES string of the molecule is COC(=O)/C=C/c1ccc(OCCCl)cc1. The zero-order valence-corrected chi connectivity index (χ0v) is 9.74. The molecular weight excluding hydrogens is 228 g/mol. The van der Waals surface area contributed by atoms with Gasteiger partial charge in [-0.05, 0) is 23.8 Å². The van der Waals surface area contributed by atoms with Crippen LogP contribution < -0.4 is 4.74 Å². The predicted molar refractivity (Wildman–Crippen MR) is 63.7 cm³/mol. The minimum absolute atomic E-state index is 0.373. The minimum Gasteiger partial charge on any atom is -0.492 e. The number of benzene rings is 1. The van der Waals surface area contributed by atoms with E-state index < -0.39 is 0 Å². The summed E-state index contributed by atoms with van der Waals surface area (Å²) in [5, 5.41) is 0. The zero-order chi connectivity index (χ0) is 11.8. The van der Waals surface area contributed by atoms with Gasteiger partial charge < -0.3 is 9.47 Å². The Bertz CT molecular complexity index is 357. The Kier molecular flexibility index (Phi) is 5.43. The molecule has 0 unspecified atom stereocenters. The van der Waals surface area contributed by atoms with Crippen LogP contribution in [-0.4, -0.2) is 25.6 Å². The number of carbonyl (C=O) groups excluding carboxylic acids is 1. The summed E-state index contributed by atoms with van der Waals surface area (Å²) in [6.45, 7) is 0.485. The lowest BCUT2D eigenvalue weighted by Crippen LogP contribution is -1.97. The van der Waals surface area contributed by atoms with Crippen LogP contribution in [0.25, 0.3) is 6.08 Å². The van der Waals surface area contributed by atoms with Crippen LogP contribution in [0.2, 0.25) is 0 Å². The molecule has 0 fully saturated rings. The molecule has 0 amide bonds. The Labute approximate surface area is 99.6 Å². The second kappa shape index (κ2) is 6.90. The molecular formula is C12H13ClO3. The maximum Gasteiger partial charge on any atom is 0.330 e. The van der Waals surface area contributed by atoms with E-state index in [1.807, 2.05) is 24.3 Å². The fraction of sp³-hybridized carbons (Fsp3) is 0.250. The van der Waals surface area contributed by atoms with Gasteiger partial charge in [-0.25, -0.2) is 4.79 Å². The van der Waals surface area contributed by atoms with Gasteiger partial charge in [-0.1, -0.05) is 12.1 Å². The van der Waals surface area contributed by atoms with Gasteiger partial charge in [0.05, 0.1) is 13.0 Å². The van der Waals surface area contributed by atoms with Crippen molar-refractivity contribution in [1.29, 1.82) is 0 Å². The molecule has 0 aliphatic heterocycles. The van der Waals surface area contributed by atoms with E-state index in [2.05, 4.69) is 4.74 Å². The number of methoxy groups -OCH3 is 1. The summed E-state index contributed by atoms with van der Waals surface area (Å²) in [6.07, 6.45) is 3.05. The number of alkyl halides is 1. The van der Waals surface area contributed by atoms with Gasteiger partial charge in [-0.3, -0.25) is 0 Å². The van der Waals surface area contributed by atoms with Gasteiger partial charge in [0, 0.05) is 6.08 Å². The third-order valence-corrected chi connectivity index (χ3v) is 1.99. The van der Waals surface area contributed by atoms with Crippen LogP contribution in [-0.2, 0) is 9.53 Å². The van der Waals surface area contributed by atoms with Gasteiger partial charge in [-0.15, -0.1) is 11.6 Å². The van der Waals surface area contributed by atoms with E-state index in [1.54, 1.807) is 6.08 Å². The molecule has 0 aromatic heterocycles. The van der Waals surface area contributed by atoms with E-state index >= 15 is 0 Å². The van der Waals surface area contributed by atoms with Crippen LogP contribution in [0.1, 0.15) is 5.56 Å². The van der Waals surface area contributed by atoms with Gasteiger partial charge in [-0.2, -0.15) is 0 Å². The third-order valence-electron chi connectivity index (χ3n) is 1.84. The highest BCUT2D eigenvalue weighted by molar-refractivity contribution is 6.18. The number of rotatable bonds is 5. The number of halogens is 1. The topological polar surface area (TPSA) is 35.5 Å². The van der Waals surface area contributed by atoms with Crippen molar-refractivity contribution in [3.05, 3.63) is 35.9 Å². The Morgan fingerprint density at radius 3 is 2.62 bits per heavy atom. The highest BCUT2D eigenvalue weighted by Crippen LogP contribution is 2.13. The average molecular weight is 241 g/mol. The summed E-state index contributed by atoms with van der Waals surface area (Å²) in [4.78, 5) is 10.8. The van der Waals surface area contributed by atoms with E-state index in [9.17, 15) is 4.79 Å². The molecule has 0 atom stereocenters. The molecule has 1 rings (SSSR count). The Morgan fingerprint density at radius 1 is 1.38 bits per heavy atom. The molecule has 0 saturated heterocycles. The number of carbonyl (C=O) groups is 1. The quantitative estimate of drug-likeness (QED) is 0.451. The molecule has 0 spiro atoms. The van der Waals surface area contributed by atoms with E-state index in [4.69, 9.17) is 16.3 Å². The monoisotopic (exact) mass is 240 g/mol. The second-order valence-electron chi connectivity index (χ2n) is 2.96. The first-order valence-electron chi connectivity index (χ1n) is 4.81. The molecule has 0 radical (unpaired) electrons. The van der Waals surface area contributed by atoms with Gasteiger partial charge in [0.25, 0.3) is 0 Å². The highest BCUT2D eigenvalue weighted by atomic mass is 35.5. The largest absolute Gasteiger partial charge is 0.492 e. The summed E-state index contributed by atoms with van der Waals surface area (Å²) in [5.74, 6) is 0.850. The highest BCUT2D eigenvalue weighted by Gasteiger charge is 1.94. The van der Waals surface area contributed by atoms with E-state index in [0.717, 1.165) is 11.3 Å². The van der Waals surface area contributed by atoms with Gasteiger partial charge in [0.1, 0.15) is 12.4 Å². The van der Waals surface area contributed by atoms with E-state index in [-0.39, 0.29) is 5.97 Å². The van der Waals surface area contributed by atoms with Crippen LogP contribution in [0.5, 0.6) is 5.75 Å². The lowest BCUT2D eigenvalue weighted by molar-refractivity contribution is -0.134. The van der Waals surface area contributed by atoms with Crippen molar-refractivity contribution in [2.75, 3.05) is 19.6 Å². The normalized spacial score (nSPS) is 10.4. The summed E-state index contributed by atoms with van der Waals surface area (Å²) in [7, 11) is 1.34. The number of hydrogen-bond acceptors (Lipinski definition) is 3. The maximum absolute atomic E-state index is 10.8. The van der Waals surface area contributed by atoms with Crippen LogP contribution in [0, 0.1) is 0 Å². The van der Waals surface area contributed by atoms with Crippen molar-refractivity contribution in [2.45, 2.75) is 0 Å². The van der Waals surface area contributed by atoms with Crippen LogP contribution in [0.3, 0.4) is 0 Å². The molecule has 0 N–H and O–H groups in total. The maximum atomic E-state index is 10.8. The average Bonchev–Trinajstić information content (AvgIpc) is 2.34. The predicted octanol–water partition coefficient (Wildman–Crippen LogP) is 2.49. The van der Waals surface area contributed by atoms with Crippen molar-refractivity contribution in [1.82, 2.24) is 0 Å². The number of esters is 1. The molecule has 0 bridgehead atoms. The smallest absolute Gasteiger partial charge is 0.330 e. The van der Waals surface area contributed by atoms with Crippen LogP contribution in [0.15, 0.2) is 30.3 Å². The standard InChI is InChI=1S/C12H13ClO3/c1-15-12(14)7-4-10-2-5-11(6-3-10)16-9-8-13/h2-7H,8-9H2,1H3/b7-4+. The summed E-state index contributed by atoms with van der Waals surface area (Å²) < 4.78 is 9.79. The van der Waals surface area contributed by atoms with Gasteiger partial charge in [0.2, 0.25) is 0 Å². The summed E-state index contributed by atoms with van der Waals surface area (Å²) >= 11 is 5.50. The van der Waals surface area contributed by atoms with Gasteiger partial charge in [0.15, 0.2) is 0 Å². The van der Waals surface area contributed by atoms with Crippen LogP contribution >= 0.6 is 11.6 Å². The number of hydrogen-bond donors (Lipinski definition) is 0. The third kappa shape index (κ3) is 4.36. The van der Waals surface area contributed by atoms with Crippen molar-refractivity contribution in [3.63, 3.8) is 0 Å². The van der Waals surface area contributed by atoms with Crippen LogP contribution in [0.4, 0.5) is 0 Å². The molecule has 4 heteroatoms. The molecule has 0 aliphatic rings. The molecule has 0 saturated carbocycles. The second-order valence-corrected chi connectivity index (χ2v) is 3.34. The molecule has 1 aromatic carbocycles. The first kappa shape index (κ1) is 12.6. The van der Waals surface area contributed by atoms with Crippen molar-refractivity contribution in [2.24, 2.45) is 0 Å². The molecule has 16 heavy (non-hydrogen) atoms. The Hall–Kier alpha value is -1.48.